The molecule has 4 rings (SSSR count). The Morgan fingerprint density at radius 1 is 0.328 bits per heavy atom. The second kappa shape index (κ2) is 20.8. The van der Waals surface area contributed by atoms with Crippen molar-refractivity contribution in [3.8, 4) is 0 Å². The number of rotatable bonds is 19. The van der Waals surface area contributed by atoms with Crippen molar-refractivity contribution < 1.29 is 17.7 Å². The lowest BCUT2D eigenvalue weighted by Crippen LogP contribution is -2.40. The molecule has 0 heterocycles. The quantitative estimate of drug-likeness (QED) is 0.0878. The van der Waals surface area contributed by atoms with Crippen molar-refractivity contribution in [3.05, 3.63) is 142 Å². The van der Waals surface area contributed by atoms with Gasteiger partial charge in [-0.2, -0.15) is 0 Å². The summed E-state index contributed by atoms with van der Waals surface area (Å²) in [6, 6.07) is 37.0. The molecule has 4 aromatic carbocycles. The van der Waals surface area contributed by atoms with Crippen molar-refractivity contribution in [1.82, 2.24) is 0 Å². The average Bonchev–Trinajstić information content (AvgIpc) is 3.18. The fraction of sp³-hybridized carbons (Fsp3) is 0.571. The Hall–Kier alpha value is -2.41. The van der Waals surface area contributed by atoms with Crippen LogP contribution in [-0.2, 0) is 44.1 Å². The van der Waals surface area contributed by atoms with Gasteiger partial charge in [-0.25, -0.2) is 0 Å². The number of hydrogen-bond donors (Lipinski definition) is 0. The summed E-state index contributed by atoms with van der Waals surface area (Å²) in [4.78, 5) is 0. The minimum atomic E-state index is -1.93. The first-order valence-corrected chi connectivity index (χ1v) is 35.8. The highest BCUT2D eigenvalue weighted by molar-refractivity contribution is 6.75. The van der Waals surface area contributed by atoms with Gasteiger partial charge in [-0.15, -0.1) is 0 Å². The van der Waals surface area contributed by atoms with Crippen LogP contribution in [0.5, 0.6) is 0 Å². The van der Waals surface area contributed by atoms with E-state index in [0.717, 1.165) is 12.8 Å². The summed E-state index contributed by atoms with van der Waals surface area (Å²) in [6.45, 7) is 49.1. The Labute approximate surface area is 397 Å². The van der Waals surface area contributed by atoms with Crippen LogP contribution in [0.3, 0.4) is 0 Å². The molecular weight excluding hydrogens is 849 g/mol. The standard InChI is InChI=1S/C56H90O4Si4/c1-53(2,3)61(13,14)57-39-43-25-21-29-47(35-43)51(48-30-22-26-44(36-48)40-58-62(15,16)54(4,5)6)33-34-52(49-31-23-27-45(37-49)41-59-63(17,18)55(7,8)9)50-32-24-28-46(38-50)42-60-64(19,20)56(10,11)12/h21-32,35-38,51-52H,33-34,39-42H2,1-20H3. The van der Waals surface area contributed by atoms with E-state index in [-0.39, 0.29) is 32.0 Å². The zero-order valence-electron chi connectivity index (χ0n) is 44.3. The lowest BCUT2D eigenvalue weighted by Gasteiger charge is -2.36. The van der Waals surface area contributed by atoms with Crippen LogP contribution in [0.2, 0.25) is 72.5 Å². The fourth-order valence-corrected chi connectivity index (χ4v) is 10.7. The molecule has 0 bridgehead atoms. The van der Waals surface area contributed by atoms with Gasteiger partial charge < -0.3 is 17.7 Å². The Kier molecular flexibility index (Phi) is 17.7. The Balaban J connectivity index is 1.80. The first kappa shape index (κ1) is 54.2. The van der Waals surface area contributed by atoms with Crippen molar-refractivity contribution in [1.29, 1.82) is 0 Å². The molecule has 0 radical (unpaired) electrons. The van der Waals surface area contributed by atoms with Crippen LogP contribution in [0.25, 0.3) is 0 Å². The van der Waals surface area contributed by atoms with Gasteiger partial charge >= 0.3 is 0 Å². The zero-order valence-corrected chi connectivity index (χ0v) is 48.3. The molecule has 0 amide bonds. The maximum Gasteiger partial charge on any atom is 0.192 e. The van der Waals surface area contributed by atoms with Gasteiger partial charge in [0.05, 0.1) is 26.4 Å². The lowest BCUT2D eigenvalue weighted by atomic mass is 9.80. The van der Waals surface area contributed by atoms with E-state index in [4.69, 9.17) is 17.7 Å². The normalized spacial score (nSPS) is 13.9. The molecule has 0 aliphatic carbocycles. The summed E-state index contributed by atoms with van der Waals surface area (Å²) in [7, 11) is -7.73. The van der Waals surface area contributed by atoms with Crippen molar-refractivity contribution >= 4 is 33.3 Å². The summed E-state index contributed by atoms with van der Waals surface area (Å²) < 4.78 is 27.2. The molecule has 354 valence electrons. The van der Waals surface area contributed by atoms with Crippen LogP contribution >= 0.6 is 0 Å². The summed E-state index contributed by atoms with van der Waals surface area (Å²) in [5.41, 5.74) is 10.3. The molecule has 8 heteroatoms. The van der Waals surface area contributed by atoms with Gasteiger partial charge in [-0.3, -0.25) is 0 Å². The number of benzene rings is 4. The molecule has 0 atom stereocenters. The summed E-state index contributed by atoms with van der Waals surface area (Å²) >= 11 is 0. The highest BCUT2D eigenvalue weighted by Crippen LogP contribution is 2.42. The average molecular weight is 940 g/mol. The van der Waals surface area contributed by atoms with Gasteiger partial charge in [-0.1, -0.05) is 180 Å². The van der Waals surface area contributed by atoms with Crippen LogP contribution in [0, 0.1) is 0 Å². The molecule has 0 saturated carbocycles. The second-order valence-corrected chi connectivity index (χ2v) is 44.1. The number of hydrogen-bond acceptors (Lipinski definition) is 4. The third-order valence-corrected chi connectivity index (χ3v) is 33.7. The van der Waals surface area contributed by atoms with Gasteiger partial charge in [0.15, 0.2) is 33.3 Å². The van der Waals surface area contributed by atoms with E-state index >= 15 is 0 Å². The summed E-state index contributed by atoms with van der Waals surface area (Å²) in [5.74, 6) is 0.358. The molecule has 0 aliphatic heterocycles. The third kappa shape index (κ3) is 14.5. The lowest BCUT2D eigenvalue weighted by molar-refractivity contribution is 0.276. The second-order valence-electron chi connectivity index (χ2n) is 24.9. The third-order valence-electron chi connectivity index (χ3n) is 15.8. The molecule has 0 aliphatic rings. The van der Waals surface area contributed by atoms with Crippen LogP contribution in [0.1, 0.15) is 152 Å². The van der Waals surface area contributed by atoms with Crippen LogP contribution in [0.4, 0.5) is 0 Å². The molecule has 0 fully saturated rings. The molecule has 4 aromatic rings. The van der Waals surface area contributed by atoms with E-state index in [1.807, 2.05) is 0 Å². The van der Waals surface area contributed by atoms with Crippen LogP contribution in [-0.4, -0.2) is 33.3 Å². The molecule has 0 unspecified atom stereocenters. The van der Waals surface area contributed by atoms with E-state index in [1.165, 1.54) is 44.5 Å². The van der Waals surface area contributed by atoms with Crippen molar-refractivity contribution in [3.63, 3.8) is 0 Å². The van der Waals surface area contributed by atoms with Crippen LogP contribution < -0.4 is 0 Å². The van der Waals surface area contributed by atoms with E-state index in [2.05, 4.69) is 233 Å². The van der Waals surface area contributed by atoms with E-state index in [1.54, 1.807) is 0 Å². The van der Waals surface area contributed by atoms with Crippen molar-refractivity contribution in [2.24, 2.45) is 0 Å². The SMILES string of the molecule is CC(C)(C)[Si](C)(C)OCc1cccc(C(CCC(c2cccc(CO[Si](C)(C)C(C)(C)C)c2)c2cccc(CO[Si](C)(C)C(C)(C)C)c2)c2cccc(CO[Si](C)(C)C(C)(C)C)c2)c1. The molecule has 0 spiro atoms. The Morgan fingerprint density at radius 3 is 0.688 bits per heavy atom. The smallest absolute Gasteiger partial charge is 0.192 e. The molecule has 4 nitrogen and oxygen atoms in total. The minimum Gasteiger partial charge on any atom is -0.413 e. The zero-order chi connectivity index (χ0) is 48.2. The minimum absolute atomic E-state index is 0.150. The molecule has 0 saturated heterocycles. The van der Waals surface area contributed by atoms with Gasteiger partial charge in [0, 0.05) is 11.8 Å². The van der Waals surface area contributed by atoms with Gasteiger partial charge in [0.2, 0.25) is 0 Å². The maximum absolute atomic E-state index is 6.80. The Morgan fingerprint density at radius 2 is 0.516 bits per heavy atom. The van der Waals surface area contributed by atoms with Gasteiger partial charge in [-0.05, 0) is 130 Å². The molecule has 0 N–H and O–H groups in total. The molecule has 64 heavy (non-hydrogen) atoms. The predicted octanol–water partition coefficient (Wildman–Crippen LogP) is 17.5. The highest BCUT2D eigenvalue weighted by Gasteiger charge is 2.40. The van der Waals surface area contributed by atoms with Gasteiger partial charge in [0.25, 0.3) is 0 Å². The van der Waals surface area contributed by atoms with Crippen LogP contribution in [0.15, 0.2) is 97.1 Å². The monoisotopic (exact) mass is 939 g/mol. The van der Waals surface area contributed by atoms with Gasteiger partial charge in [0.1, 0.15) is 0 Å². The summed E-state index contributed by atoms with van der Waals surface area (Å²) in [5, 5.41) is 0.601. The van der Waals surface area contributed by atoms with E-state index in [9.17, 15) is 0 Å². The van der Waals surface area contributed by atoms with Crippen molar-refractivity contribution in [2.75, 3.05) is 0 Å². The first-order chi connectivity index (χ1) is 29.2. The summed E-state index contributed by atoms with van der Waals surface area (Å²) in [6.07, 6.45) is 1.94. The first-order valence-electron chi connectivity index (χ1n) is 24.1. The molecular formula is C56H90O4Si4. The largest absolute Gasteiger partial charge is 0.413 e. The van der Waals surface area contributed by atoms with E-state index in [0.29, 0.717) is 26.4 Å². The Bertz CT molecular complexity index is 1810. The maximum atomic E-state index is 6.80. The topological polar surface area (TPSA) is 36.9 Å². The highest BCUT2D eigenvalue weighted by atomic mass is 28.4. The predicted molar refractivity (Wildman–Crippen MR) is 287 cm³/mol. The van der Waals surface area contributed by atoms with E-state index < -0.39 is 33.3 Å². The van der Waals surface area contributed by atoms with Crippen molar-refractivity contribution in [2.45, 2.75) is 207 Å². The molecule has 0 aromatic heterocycles. The fourth-order valence-electron chi connectivity index (χ4n) is 6.90.